The number of carbonyl (C=O) groups is 4. The summed E-state index contributed by atoms with van der Waals surface area (Å²) in [6, 6.07) is 16.3. The Kier molecular flexibility index (Phi) is 12.9. The van der Waals surface area contributed by atoms with Gasteiger partial charge in [-0.2, -0.15) is 0 Å². The van der Waals surface area contributed by atoms with E-state index in [2.05, 4.69) is 0 Å². The molecular formula is C30H32I2O13. The van der Waals surface area contributed by atoms with E-state index in [-0.39, 0.29) is 24.3 Å². The van der Waals surface area contributed by atoms with Gasteiger partial charge in [0, 0.05) is 13.8 Å². The Labute approximate surface area is 286 Å². The molecule has 10 atom stereocenters. The van der Waals surface area contributed by atoms with Crippen molar-refractivity contribution in [1.29, 1.82) is 0 Å². The van der Waals surface area contributed by atoms with E-state index in [0.29, 0.717) is 0 Å². The van der Waals surface area contributed by atoms with Crippen LogP contribution in [0.5, 0.6) is 0 Å². The Bertz CT molecular complexity index is 1310. The zero-order chi connectivity index (χ0) is 32.7. The fraction of sp³-hybridized carbons (Fsp3) is 0.467. The minimum absolute atomic E-state index is 0.238. The molecule has 45 heavy (non-hydrogen) atoms. The Morgan fingerprint density at radius 3 is 1.64 bits per heavy atom. The molecule has 0 aliphatic carbocycles. The van der Waals surface area contributed by atoms with Gasteiger partial charge in [-0.1, -0.05) is 81.6 Å². The summed E-state index contributed by atoms with van der Waals surface area (Å²) in [5, 5.41) is 22.0. The van der Waals surface area contributed by atoms with Crippen molar-refractivity contribution >= 4 is 69.1 Å². The first-order chi connectivity index (χ1) is 21.5. The largest absolute Gasteiger partial charge is 0.463 e. The minimum atomic E-state index is -1.42. The lowest BCUT2D eigenvalue weighted by atomic mass is 9.99. The molecule has 0 unspecified atom stereocenters. The first kappa shape index (κ1) is 35.4. The standard InChI is InChI=1S/C30H32I2O13/c1-15(33)39-13-19-24(43-27(36)17-9-5-3-6-10-17)23(35)21(31)30(42-19)45-25-20(14-40-16(2)34)41-29(38)22(32)26(25)44-28(37)18-11-7-4-8-12-18/h3-12,19-26,29-30,35,38H,13-14H2,1-2H3/t19-,20-,21-,22-,23-,24-,25-,26-,29-,30+/m1/s1. The summed E-state index contributed by atoms with van der Waals surface area (Å²) in [5.74, 6) is -2.68. The van der Waals surface area contributed by atoms with Gasteiger partial charge in [0.1, 0.15) is 47.7 Å². The highest BCUT2D eigenvalue weighted by atomic mass is 127. The van der Waals surface area contributed by atoms with Crippen molar-refractivity contribution in [1.82, 2.24) is 0 Å². The third-order valence-corrected chi connectivity index (χ3v) is 9.54. The number of benzene rings is 2. The summed E-state index contributed by atoms with van der Waals surface area (Å²) in [4.78, 5) is 49.3. The van der Waals surface area contributed by atoms with E-state index >= 15 is 0 Å². The Morgan fingerprint density at radius 1 is 0.689 bits per heavy atom. The smallest absolute Gasteiger partial charge is 0.338 e. The number of rotatable bonds is 10. The molecule has 2 N–H and O–H groups in total. The molecule has 244 valence electrons. The molecular weight excluding hydrogens is 822 g/mol. The van der Waals surface area contributed by atoms with Crippen LogP contribution in [-0.4, -0.2) is 104 Å². The van der Waals surface area contributed by atoms with Crippen molar-refractivity contribution in [2.45, 2.75) is 70.9 Å². The Morgan fingerprint density at radius 2 is 1.16 bits per heavy atom. The molecule has 0 amide bonds. The van der Waals surface area contributed by atoms with Gasteiger partial charge in [0.2, 0.25) is 0 Å². The van der Waals surface area contributed by atoms with Crippen molar-refractivity contribution in [3.63, 3.8) is 0 Å². The molecule has 2 heterocycles. The first-order valence-corrected chi connectivity index (χ1v) is 16.3. The molecule has 0 radical (unpaired) electrons. The van der Waals surface area contributed by atoms with Crippen LogP contribution in [0.1, 0.15) is 34.6 Å². The first-order valence-electron chi connectivity index (χ1n) is 13.9. The summed E-state index contributed by atoms with van der Waals surface area (Å²) >= 11 is 3.74. The molecule has 15 heteroatoms. The predicted molar refractivity (Wildman–Crippen MR) is 171 cm³/mol. The van der Waals surface area contributed by atoms with Crippen LogP contribution in [0, 0.1) is 0 Å². The number of hydrogen-bond donors (Lipinski definition) is 2. The van der Waals surface area contributed by atoms with E-state index in [4.69, 9.17) is 33.2 Å². The lowest BCUT2D eigenvalue weighted by Gasteiger charge is -2.46. The highest BCUT2D eigenvalue weighted by molar-refractivity contribution is 14.1. The van der Waals surface area contributed by atoms with Gasteiger partial charge in [-0.15, -0.1) is 0 Å². The molecule has 0 aromatic heterocycles. The number of halogens is 2. The van der Waals surface area contributed by atoms with Gasteiger partial charge in [0.15, 0.2) is 18.7 Å². The zero-order valence-corrected chi connectivity index (χ0v) is 28.4. The van der Waals surface area contributed by atoms with E-state index < -0.39 is 80.9 Å². The van der Waals surface area contributed by atoms with Crippen molar-refractivity contribution in [2.24, 2.45) is 0 Å². The highest BCUT2D eigenvalue weighted by Crippen LogP contribution is 2.36. The van der Waals surface area contributed by atoms with Crippen LogP contribution in [0.3, 0.4) is 0 Å². The minimum Gasteiger partial charge on any atom is -0.463 e. The van der Waals surface area contributed by atoms with Crippen molar-refractivity contribution < 1.29 is 62.5 Å². The van der Waals surface area contributed by atoms with Crippen LogP contribution in [0.15, 0.2) is 60.7 Å². The monoisotopic (exact) mass is 854 g/mol. The van der Waals surface area contributed by atoms with Gasteiger partial charge in [-0.3, -0.25) is 9.59 Å². The molecule has 0 saturated carbocycles. The number of hydrogen-bond acceptors (Lipinski definition) is 13. The van der Waals surface area contributed by atoms with Gasteiger partial charge >= 0.3 is 23.9 Å². The van der Waals surface area contributed by atoms with Crippen LogP contribution >= 0.6 is 45.2 Å². The number of aliphatic hydroxyl groups is 2. The zero-order valence-electron chi connectivity index (χ0n) is 24.1. The molecule has 4 rings (SSSR count). The second-order valence-electron chi connectivity index (χ2n) is 10.2. The van der Waals surface area contributed by atoms with E-state index in [1.807, 2.05) is 45.2 Å². The van der Waals surface area contributed by atoms with Gasteiger partial charge in [-0.25, -0.2) is 9.59 Å². The van der Waals surface area contributed by atoms with E-state index in [9.17, 15) is 29.4 Å². The molecule has 13 nitrogen and oxygen atoms in total. The van der Waals surface area contributed by atoms with Gasteiger partial charge in [0.25, 0.3) is 0 Å². The number of carbonyl (C=O) groups excluding carboxylic acids is 4. The van der Waals surface area contributed by atoms with Crippen LogP contribution in [0.2, 0.25) is 0 Å². The number of alkyl halides is 2. The number of ether oxygens (including phenoxy) is 7. The van der Waals surface area contributed by atoms with E-state index in [1.54, 1.807) is 60.7 Å². The quantitative estimate of drug-likeness (QED) is 0.155. The van der Waals surface area contributed by atoms with Gasteiger partial charge < -0.3 is 43.4 Å². The summed E-state index contributed by atoms with van der Waals surface area (Å²) in [7, 11) is 0. The lowest BCUT2D eigenvalue weighted by Crippen LogP contribution is -2.63. The average molecular weight is 854 g/mol. The Hall–Kier alpha value is -2.42. The molecule has 2 aliphatic heterocycles. The second kappa shape index (κ2) is 16.4. The van der Waals surface area contributed by atoms with E-state index in [1.165, 1.54) is 13.8 Å². The summed E-state index contributed by atoms with van der Waals surface area (Å²) in [6.07, 6.45) is -9.96. The third kappa shape index (κ3) is 9.32. The molecule has 2 aromatic rings. The summed E-state index contributed by atoms with van der Waals surface area (Å²) in [6.45, 7) is 1.63. The maximum atomic E-state index is 13.1. The van der Waals surface area contributed by atoms with Crippen LogP contribution in [0.4, 0.5) is 0 Å². The second-order valence-corrected chi connectivity index (χ2v) is 13.0. The predicted octanol–water partition coefficient (Wildman–Crippen LogP) is 2.36. The highest BCUT2D eigenvalue weighted by Gasteiger charge is 2.53. The van der Waals surface area contributed by atoms with E-state index in [0.717, 1.165) is 0 Å². The molecule has 2 aliphatic rings. The fourth-order valence-corrected chi connectivity index (χ4v) is 6.15. The molecule has 2 fully saturated rings. The van der Waals surface area contributed by atoms with Gasteiger partial charge in [-0.05, 0) is 24.3 Å². The molecule has 2 aromatic carbocycles. The van der Waals surface area contributed by atoms with Crippen molar-refractivity contribution in [3.05, 3.63) is 71.8 Å². The third-order valence-electron chi connectivity index (χ3n) is 6.89. The summed E-state index contributed by atoms with van der Waals surface area (Å²) < 4.78 is 38.2. The maximum absolute atomic E-state index is 13.1. The van der Waals surface area contributed by atoms with Crippen LogP contribution < -0.4 is 0 Å². The summed E-state index contributed by atoms with van der Waals surface area (Å²) in [5.41, 5.74) is 0.486. The molecule has 0 spiro atoms. The SMILES string of the molecule is CC(=O)OC[C@H]1O[C@@H](O[C@H]2[C@H](OC(=O)c3ccccc3)[C@@H](I)[C@H](O)O[C@@H]2COC(C)=O)[C@H](I)[C@@H](O)[C@@H]1OC(=O)c1ccccc1. The topological polar surface area (TPSA) is 173 Å². The normalized spacial score (nSPS) is 31.3. The van der Waals surface area contributed by atoms with Gasteiger partial charge in [0.05, 0.1) is 15.1 Å². The molecule has 2 saturated heterocycles. The number of aliphatic hydroxyl groups excluding tert-OH is 2. The lowest BCUT2D eigenvalue weighted by molar-refractivity contribution is -0.308. The average Bonchev–Trinajstić information content (AvgIpc) is 3.03. The molecule has 0 bridgehead atoms. The van der Waals surface area contributed by atoms with Crippen molar-refractivity contribution in [2.75, 3.05) is 13.2 Å². The Balaban J connectivity index is 1.61. The fourth-order valence-electron chi connectivity index (χ4n) is 4.68. The van der Waals surface area contributed by atoms with Crippen LogP contribution in [-0.2, 0) is 42.7 Å². The van der Waals surface area contributed by atoms with Crippen molar-refractivity contribution in [3.8, 4) is 0 Å². The number of esters is 4. The maximum Gasteiger partial charge on any atom is 0.338 e. The van der Waals surface area contributed by atoms with Crippen LogP contribution in [0.25, 0.3) is 0 Å².